The number of carbonyl (C=O) groups is 1. The maximum atomic E-state index is 12.8. The first kappa shape index (κ1) is 15.4. The van der Waals surface area contributed by atoms with Crippen LogP contribution in [0.25, 0.3) is 10.5 Å². The molecule has 1 aliphatic heterocycles. The fourth-order valence-corrected chi connectivity index (χ4v) is 2.30. The van der Waals surface area contributed by atoms with E-state index in [1.54, 1.807) is 0 Å². The minimum atomic E-state index is -0.776. The number of carbonyl (C=O) groups excluding carboxylic acids is 1. The molecule has 0 saturated heterocycles. The van der Waals surface area contributed by atoms with E-state index >= 15 is 0 Å². The highest BCUT2D eigenvalue weighted by Crippen LogP contribution is 2.22. The molecule has 0 aliphatic carbocycles. The molecule has 3 rings (SSSR count). The van der Waals surface area contributed by atoms with Gasteiger partial charge in [-0.3, -0.25) is 14.2 Å². The molecule has 0 saturated carbocycles. The quantitative estimate of drug-likeness (QED) is 0.832. The molecule has 1 aliphatic rings. The summed E-state index contributed by atoms with van der Waals surface area (Å²) in [5.74, 6) is -1.86. The predicted molar refractivity (Wildman–Crippen MR) is 82.3 cm³/mol. The van der Waals surface area contributed by atoms with Crippen molar-refractivity contribution in [2.45, 2.75) is 13.1 Å². The van der Waals surface area contributed by atoms with E-state index < -0.39 is 28.7 Å². The number of halogens is 1. The van der Waals surface area contributed by atoms with Gasteiger partial charge in [-0.05, 0) is 17.7 Å². The van der Waals surface area contributed by atoms with Crippen LogP contribution in [0.5, 0.6) is 5.75 Å². The van der Waals surface area contributed by atoms with Gasteiger partial charge in [0.2, 0.25) is 11.4 Å². The monoisotopic (exact) mass is 326 g/mol. The number of aromatic hydroxyl groups is 1. The summed E-state index contributed by atoms with van der Waals surface area (Å²) in [7, 11) is 0. The number of fused-ring (bicyclic) bond motifs is 1. The number of rotatable bonds is 3. The normalized spacial score (nSPS) is 12.2. The number of hydrogen-bond acceptors (Lipinski definition) is 4. The Balaban J connectivity index is 1.87. The summed E-state index contributed by atoms with van der Waals surface area (Å²) in [6, 6.07) is 5.51. The molecule has 1 amide bonds. The minimum Gasteiger partial charge on any atom is -0.501 e. The van der Waals surface area contributed by atoms with Gasteiger partial charge >= 0.3 is 0 Å². The average molecular weight is 326 g/mol. The van der Waals surface area contributed by atoms with Crippen LogP contribution < -0.4 is 10.9 Å². The molecule has 0 atom stereocenters. The average Bonchev–Trinajstić information content (AvgIpc) is 3.00. The van der Waals surface area contributed by atoms with Crippen molar-refractivity contribution < 1.29 is 14.3 Å². The maximum absolute atomic E-state index is 12.8. The Bertz CT molecular complexity index is 955. The third kappa shape index (κ3) is 2.63. The van der Waals surface area contributed by atoms with E-state index in [1.807, 2.05) is 0 Å². The van der Waals surface area contributed by atoms with Crippen LogP contribution in [0.4, 0.5) is 4.39 Å². The van der Waals surface area contributed by atoms with Crippen LogP contribution in [0.15, 0.2) is 35.1 Å². The summed E-state index contributed by atoms with van der Waals surface area (Å²) < 4.78 is 14.0. The zero-order valence-corrected chi connectivity index (χ0v) is 12.3. The lowest BCUT2D eigenvalue weighted by Crippen LogP contribution is -2.29. The van der Waals surface area contributed by atoms with Crippen molar-refractivity contribution >= 4 is 11.6 Å². The van der Waals surface area contributed by atoms with Gasteiger partial charge in [0.1, 0.15) is 11.6 Å². The largest absolute Gasteiger partial charge is 0.501 e. The van der Waals surface area contributed by atoms with E-state index in [-0.39, 0.29) is 24.6 Å². The Kier molecular flexibility index (Phi) is 3.83. The van der Waals surface area contributed by atoms with Crippen molar-refractivity contribution in [1.29, 1.82) is 0 Å². The number of allylic oxidation sites excluding steroid dienone is 1. The second-order valence-corrected chi connectivity index (χ2v) is 5.06. The van der Waals surface area contributed by atoms with Crippen LogP contribution >= 0.6 is 0 Å². The smallest absolute Gasteiger partial charge is 0.296 e. The standard InChI is InChI=1S/C16H11FN4O3/c1-18-11-6-7-21-14(11)20-12(13(22)16(21)24)15(23)19-8-9-2-4-10(17)5-3-9/h2-6,22H,7-8H2,(H,19,23). The summed E-state index contributed by atoms with van der Waals surface area (Å²) in [6.45, 7) is 7.25. The van der Waals surface area contributed by atoms with Gasteiger partial charge in [-0.2, -0.15) is 0 Å². The zero-order valence-electron chi connectivity index (χ0n) is 12.3. The van der Waals surface area contributed by atoms with Crippen LogP contribution in [0, 0.1) is 12.4 Å². The fourth-order valence-electron chi connectivity index (χ4n) is 2.30. The fraction of sp³-hybridized carbons (Fsp3) is 0.125. The third-order valence-electron chi connectivity index (χ3n) is 3.54. The van der Waals surface area contributed by atoms with Crippen LogP contribution in [0.1, 0.15) is 21.9 Å². The van der Waals surface area contributed by atoms with Crippen molar-refractivity contribution in [3.63, 3.8) is 0 Å². The van der Waals surface area contributed by atoms with Crippen LogP contribution in [0.3, 0.4) is 0 Å². The van der Waals surface area contributed by atoms with Gasteiger partial charge in [0.05, 0.1) is 6.57 Å². The second kappa shape index (κ2) is 5.96. The van der Waals surface area contributed by atoms with Crippen molar-refractivity contribution in [1.82, 2.24) is 14.9 Å². The van der Waals surface area contributed by atoms with E-state index in [4.69, 9.17) is 6.57 Å². The highest BCUT2D eigenvalue weighted by atomic mass is 19.1. The molecule has 1 aromatic heterocycles. The Morgan fingerprint density at radius 1 is 1.42 bits per heavy atom. The molecular formula is C16H11FN4O3. The number of benzene rings is 1. The first-order chi connectivity index (χ1) is 11.5. The van der Waals surface area contributed by atoms with Crippen molar-refractivity contribution in [2.75, 3.05) is 0 Å². The number of aromatic nitrogens is 2. The Hall–Kier alpha value is -3.47. The van der Waals surface area contributed by atoms with Crippen molar-refractivity contribution in [3.8, 4) is 5.75 Å². The van der Waals surface area contributed by atoms with Gasteiger partial charge < -0.3 is 10.4 Å². The van der Waals surface area contributed by atoms with Gasteiger partial charge in [0.25, 0.3) is 11.5 Å². The van der Waals surface area contributed by atoms with Crippen molar-refractivity contribution in [3.05, 3.63) is 75.0 Å². The molecule has 0 unspecified atom stereocenters. The lowest BCUT2D eigenvalue weighted by molar-refractivity contribution is 0.0942. The molecule has 2 N–H and O–H groups in total. The number of hydrogen-bond donors (Lipinski definition) is 2. The molecule has 120 valence electrons. The first-order valence-corrected chi connectivity index (χ1v) is 6.95. The van der Waals surface area contributed by atoms with Crippen LogP contribution in [-0.2, 0) is 13.1 Å². The van der Waals surface area contributed by atoms with Crippen LogP contribution in [0.2, 0.25) is 0 Å². The maximum Gasteiger partial charge on any atom is 0.296 e. The first-order valence-electron chi connectivity index (χ1n) is 6.95. The predicted octanol–water partition coefficient (Wildman–Crippen LogP) is 1.29. The molecule has 7 nitrogen and oxygen atoms in total. The lowest BCUT2D eigenvalue weighted by Gasteiger charge is -2.09. The number of nitrogens with zero attached hydrogens (tertiary/aromatic N) is 3. The highest BCUT2D eigenvalue weighted by Gasteiger charge is 2.25. The molecule has 1 aromatic carbocycles. The Morgan fingerprint density at radius 3 is 2.79 bits per heavy atom. The van der Waals surface area contributed by atoms with Gasteiger partial charge in [-0.15, -0.1) is 0 Å². The molecule has 24 heavy (non-hydrogen) atoms. The number of amides is 1. The van der Waals surface area contributed by atoms with Gasteiger partial charge in [0, 0.05) is 13.1 Å². The van der Waals surface area contributed by atoms with E-state index in [2.05, 4.69) is 15.1 Å². The third-order valence-corrected chi connectivity index (χ3v) is 3.54. The van der Waals surface area contributed by atoms with E-state index in [0.717, 1.165) is 4.57 Å². The van der Waals surface area contributed by atoms with E-state index in [9.17, 15) is 19.1 Å². The van der Waals surface area contributed by atoms with Gasteiger partial charge in [0.15, 0.2) is 5.69 Å². The highest BCUT2D eigenvalue weighted by molar-refractivity contribution is 5.95. The molecule has 8 heteroatoms. The molecule has 2 aromatic rings. The topological polar surface area (TPSA) is 88.6 Å². The molecule has 0 bridgehead atoms. The second-order valence-electron chi connectivity index (χ2n) is 5.06. The van der Waals surface area contributed by atoms with Crippen molar-refractivity contribution in [2.24, 2.45) is 0 Å². The molecular weight excluding hydrogens is 315 g/mol. The summed E-state index contributed by atoms with van der Waals surface area (Å²) in [5, 5.41) is 12.4. The summed E-state index contributed by atoms with van der Waals surface area (Å²) in [6.07, 6.45) is 1.50. The SMILES string of the molecule is [C-]#[N+]C1=CCn2c1nc(C(=O)NCc1ccc(F)cc1)c(O)c2=O. The zero-order chi connectivity index (χ0) is 17.3. The Labute approximate surface area is 135 Å². The summed E-state index contributed by atoms with van der Waals surface area (Å²) >= 11 is 0. The molecule has 2 heterocycles. The number of nitrogens with one attached hydrogen (secondary N) is 1. The van der Waals surface area contributed by atoms with E-state index in [0.29, 0.717) is 5.56 Å². The lowest BCUT2D eigenvalue weighted by atomic mass is 10.2. The summed E-state index contributed by atoms with van der Waals surface area (Å²) in [5.41, 5.74) is -0.421. The van der Waals surface area contributed by atoms with E-state index in [1.165, 1.54) is 30.3 Å². The minimum absolute atomic E-state index is 0.0553. The molecule has 0 spiro atoms. The molecule has 0 radical (unpaired) electrons. The van der Waals surface area contributed by atoms with Gasteiger partial charge in [-0.25, -0.2) is 14.2 Å². The Morgan fingerprint density at radius 2 is 2.12 bits per heavy atom. The molecule has 0 fully saturated rings. The van der Waals surface area contributed by atoms with Crippen LogP contribution in [-0.4, -0.2) is 20.6 Å². The van der Waals surface area contributed by atoms with Gasteiger partial charge in [-0.1, -0.05) is 18.2 Å². The summed E-state index contributed by atoms with van der Waals surface area (Å²) in [4.78, 5) is 31.5.